The number of fused-ring (bicyclic) bond motifs is 1. The fourth-order valence-electron chi connectivity index (χ4n) is 2.23. The van der Waals surface area contributed by atoms with Gasteiger partial charge in [0, 0.05) is 4.47 Å². The molecule has 0 atom stereocenters. The van der Waals surface area contributed by atoms with Gasteiger partial charge in [-0.3, -0.25) is 14.5 Å². The van der Waals surface area contributed by atoms with Gasteiger partial charge in [0.2, 0.25) is 0 Å². The van der Waals surface area contributed by atoms with E-state index in [0.717, 1.165) is 4.47 Å². The Morgan fingerprint density at radius 1 is 0.905 bits per heavy atom. The minimum atomic E-state index is -0.255. The maximum Gasteiger partial charge on any atom is 0.261 e. The summed E-state index contributed by atoms with van der Waals surface area (Å²) in [5.41, 5.74) is 0.928. The topological polar surface area (TPSA) is 46.6 Å². The van der Waals surface area contributed by atoms with Gasteiger partial charge in [0.05, 0.1) is 17.7 Å². The summed E-state index contributed by atoms with van der Waals surface area (Å²) in [6, 6.07) is 14.3. The van der Waals surface area contributed by atoms with Crippen LogP contribution in [0, 0.1) is 0 Å². The van der Waals surface area contributed by atoms with E-state index in [2.05, 4.69) is 15.9 Å². The molecule has 106 valence electrons. The van der Waals surface area contributed by atoms with E-state index in [1.165, 1.54) is 4.90 Å². The van der Waals surface area contributed by atoms with E-state index in [9.17, 15) is 9.59 Å². The van der Waals surface area contributed by atoms with Crippen LogP contribution in [0.25, 0.3) is 0 Å². The van der Waals surface area contributed by atoms with E-state index in [1.54, 1.807) is 24.3 Å². The number of benzene rings is 2. The fourth-order valence-corrected chi connectivity index (χ4v) is 2.49. The zero-order chi connectivity index (χ0) is 14.8. The molecule has 0 fully saturated rings. The fraction of sp³-hybridized carbons (Fsp3) is 0.125. The van der Waals surface area contributed by atoms with Crippen molar-refractivity contribution in [2.24, 2.45) is 0 Å². The number of ether oxygens (including phenoxy) is 1. The van der Waals surface area contributed by atoms with E-state index in [1.807, 2.05) is 24.3 Å². The van der Waals surface area contributed by atoms with Crippen LogP contribution in [0.15, 0.2) is 53.0 Å². The molecular weight excluding hydrogens is 334 g/mol. The summed E-state index contributed by atoms with van der Waals surface area (Å²) >= 11 is 3.35. The van der Waals surface area contributed by atoms with E-state index in [-0.39, 0.29) is 25.0 Å². The molecule has 0 radical (unpaired) electrons. The Balaban J connectivity index is 1.63. The summed E-state index contributed by atoms with van der Waals surface area (Å²) in [6.07, 6.45) is 0. The number of imide groups is 1. The van der Waals surface area contributed by atoms with E-state index in [4.69, 9.17) is 4.74 Å². The van der Waals surface area contributed by atoms with Gasteiger partial charge in [-0.15, -0.1) is 0 Å². The lowest BCUT2D eigenvalue weighted by Crippen LogP contribution is -2.33. The molecular formula is C16H12BrNO3. The number of carbonyl (C=O) groups is 2. The number of amides is 2. The second-order valence-corrected chi connectivity index (χ2v) is 5.53. The van der Waals surface area contributed by atoms with Crippen LogP contribution in [0.5, 0.6) is 5.75 Å². The zero-order valence-corrected chi connectivity index (χ0v) is 12.7. The Morgan fingerprint density at radius 3 is 2.05 bits per heavy atom. The number of halogens is 1. The van der Waals surface area contributed by atoms with E-state index in [0.29, 0.717) is 16.9 Å². The van der Waals surface area contributed by atoms with Crippen LogP contribution in [0.3, 0.4) is 0 Å². The molecule has 5 heteroatoms. The molecule has 0 N–H and O–H groups in total. The minimum absolute atomic E-state index is 0.239. The summed E-state index contributed by atoms with van der Waals surface area (Å²) in [4.78, 5) is 25.5. The highest BCUT2D eigenvalue weighted by Gasteiger charge is 2.34. The molecule has 1 aliphatic rings. The highest BCUT2D eigenvalue weighted by molar-refractivity contribution is 9.10. The summed E-state index contributed by atoms with van der Waals surface area (Å²) < 4.78 is 6.52. The van der Waals surface area contributed by atoms with Crippen LogP contribution >= 0.6 is 15.9 Å². The van der Waals surface area contributed by atoms with Crippen molar-refractivity contribution in [3.8, 4) is 5.75 Å². The zero-order valence-electron chi connectivity index (χ0n) is 11.1. The SMILES string of the molecule is O=C1c2ccccc2C(=O)N1CCOc1ccc(Br)cc1. The largest absolute Gasteiger partial charge is 0.492 e. The van der Waals surface area contributed by atoms with Crippen molar-refractivity contribution in [2.45, 2.75) is 0 Å². The molecule has 21 heavy (non-hydrogen) atoms. The van der Waals surface area contributed by atoms with Gasteiger partial charge in [0.1, 0.15) is 12.4 Å². The van der Waals surface area contributed by atoms with Gasteiger partial charge in [0.15, 0.2) is 0 Å². The Morgan fingerprint density at radius 2 is 1.48 bits per heavy atom. The van der Waals surface area contributed by atoms with Crippen molar-refractivity contribution in [1.29, 1.82) is 0 Å². The molecule has 3 rings (SSSR count). The van der Waals surface area contributed by atoms with Crippen molar-refractivity contribution in [3.05, 3.63) is 64.1 Å². The molecule has 0 unspecified atom stereocenters. The van der Waals surface area contributed by atoms with Gasteiger partial charge < -0.3 is 4.74 Å². The van der Waals surface area contributed by atoms with Crippen molar-refractivity contribution < 1.29 is 14.3 Å². The molecule has 0 bridgehead atoms. The average molecular weight is 346 g/mol. The van der Waals surface area contributed by atoms with Crippen LogP contribution in [0.2, 0.25) is 0 Å². The Labute approximate surface area is 130 Å². The van der Waals surface area contributed by atoms with Crippen molar-refractivity contribution in [3.63, 3.8) is 0 Å². The molecule has 2 amide bonds. The van der Waals surface area contributed by atoms with Crippen molar-refractivity contribution >= 4 is 27.7 Å². The molecule has 2 aromatic carbocycles. The lowest BCUT2D eigenvalue weighted by atomic mass is 10.1. The maximum absolute atomic E-state index is 12.1. The Kier molecular flexibility index (Phi) is 3.75. The number of carbonyl (C=O) groups excluding carboxylic acids is 2. The molecule has 2 aromatic rings. The Bertz CT molecular complexity index is 662. The monoisotopic (exact) mass is 345 g/mol. The van der Waals surface area contributed by atoms with Gasteiger partial charge in [-0.25, -0.2) is 0 Å². The third-order valence-corrected chi connectivity index (χ3v) is 3.80. The number of hydrogen-bond donors (Lipinski definition) is 0. The van der Waals surface area contributed by atoms with E-state index >= 15 is 0 Å². The minimum Gasteiger partial charge on any atom is -0.492 e. The second-order valence-electron chi connectivity index (χ2n) is 4.61. The lowest BCUT2D eigenvalue weighted by Gasteiger charge is -2.14. The molecule has 1 aliphatic heterocycles. The standard InChI is InChI=1S/C16H12BrNO3/c17-11-5-7-12(8-6-11)21-10-9-18-15(19)13-3-1-2-4-14(13)16(18)20/h1-8H,9-10H2. The first-order chi connectivity index (χ1) is 10.2. The van der Waals surface area contributed by atoms with Crippen LogP contribution in [0.4, 0.5) is 0 Å². The predicted octanol–water partition coefficient (Wildman–Crippen LogP) is 3.12. The van der Waals surface area contributed by atoms with Crippen LogP contribution in [-0.2, 0) is 0 Å². The van der Waals surface area contributed by atoms with Gasteiger partial charge in [0.25, 0.3) is 11.8 Å². The molecule has 0 saturated carbocycles. The third kappa shape index (κ3) is 2.69. The van der Waals surface area contributed by atoms with Crippen molar-refractivity contribution in [1.82, 2.24) is 4.90 Å². The van der Waals surface area contributed by atoms with E-state index < -0.39 is 0 Å². The van der Waals surface area contributed by atoms with Gasteiger partial charge in [-0.2, -0.15) is 0 Å². The summed E-state index contributed by atoms with van der Waals surface area (Å²) in [6.45, 7) is 0.509. The number of hydrogen-bond acceptors (Lipinski definition) is 3. The van der Waals surface area contributed by atoms with Crippen LogP contribution in [-0.4, -0.2) is 29.9 Å². The van der Waals surface area contributed by atoms with Gasteiger partial charge in [-0.1, -0.05) is 28.1 Å². The normalized spacial score (nSPS) is 13.5. The maximum atomic E-state index is 12.1. The lowest BCUT2D eigenvalue weighted by molar-refractivity contribution is 0.0631. The smallest absolute Gasteiger partial charge is 0.261 e. The Hall–Kier alpha value is -2.14. The molecule has 0 aromatic heterocycles. The van der Waals surface area contributed by atoms with Gasteiger partial charge >= 0.3 is 0 Å². The molecule has 0 aliphatic carbocycles. The molecule has 0 spiro atoms. The number of nitrogens with zero attached hydrogens (tertiary/aromatic N) is 1. The molecule has 1 heterocycles. The quantitative estimate of drug-likeness (QED) is 0.799. The molecule has 0 saturated heterocycles. The van der Waals surface area contributed by atoms with Crippen LogP contribution < -0.4 is 4.74 Å². The second kappa shape index (κ2) is 5.69. The average Bonchev–Trinajstić information content (AvgIpc) is 2.75. The predicted molar refractivity (Wildman–Crippen MR) is 81.4 cm³/mol. The first kappa shape index (κ1) is 13.8. The molecule has 4 nitrogen and oxygen atoms in total. The van der Waals surface area contributed by atoms with Gasteiger partial charge in [-0.05, 0) is 36.4 Å². The first-order valence-corrected chi connectivity index (χ1v) is 7.30. The summed E-state index contributed by atoms with van der Waals surface area (Å²) in [7, 11) is 0. The highest BCUT2D eigenvalue weighted by atomic mass is 79.9. The first-order valence-electron chi connectivity index (χ1n) is 6.50. The van der Waals surface area contributed by atoms with Crippen molar-refractivity contribution in [2.75, 3.05) is 13.2 Å². The summed E-state index contributed by atoms with van der Waals surface area (Å²) in [5.74, 6) is 0.194. The van der Waals surface area contributed by atoms with Crippen LogP contribution in [0.1, 0.15) is 20.7 Å². The highest BCUT2D eigenvalue weighted by Crippen LogP contribution is 2.22. The number of rotatable bonds is 4. The third-order valence-electron chi connectivity index (χ3n) is 3.28. The summed E-state index contributed by atoms with van der Waals surface area (Å²) in [5, 5.41) is 0.